The van der Waals surface area contributed by atoms with E-state index >= 15 is 0 Å². The Bertz CT molecular complexity index is 568. The molecule has 1 heterocycles. The first-order valence-corrected chi connectivity index (χ1v) is 8.98. The Labute approximate surface area is 131 Å². The number of hydrogen-bond acceptors (Lipinski definition) is 3. The fourth-order valence-corrected chi connectivity index (χ4v) is 3.72. The molecule has 3 rings (SSSR count). The molecule has 21 heavy (non-hydrogen) atoms. The van der Waals surface area contributed by atoms with E-state index < -0.39 is 0 Å². The zero-order valence-corrected chi connectivity index (χ0v) is 13.6. The molecular weight excluding hydrogens is 276 g/mol. The third-order valence-corrected chi connectivity index (χ3v) is 5.03. The molecule has 2 nitrogen and oxygen atoms in total. The molecule has 0 radical (unpaired) electrons. The van der Waals surface area contributed by atoms with Crippen molar-refractivity contribution in [3.05, 3.63) is 34.7 Å². The van der Waals surface area contributed by atoms with Crippen LogP contribution in [0, 0.1) is 6.92 Å². The molecule has 0 bridgehead atoms. The van der Waals surface area contributed by atoms with Crippen LogP contribution < -0.4 is 5.32 Å². The van der Waals surface area contributed by atoms with Crippen molar-refractivity contribution in [2.75, 3.05) is 5.32 Å². The van der Waals surface area contributed by atoms with Gasteiger partial charge in [-0.05, 0) is 31.9 Å². The summed E-state index contributed by atoms with van der Waals surface area (Å²) in [5.41, 5.74) is 3.55. The quantitative estimate of drug-likeness (QED) is 0.793. The highest BCUT2D eigenvalue weighted by atomic mass is 32.1. The highest BCUT2D eigenvalue weighted by Crippen LogP contribution is 2.26. The van der Waals surface area contributed by atoms with Gasteiger partial charge in [0.15, 0.2) is 0 Å². The van der Waals surface area contributed by atoms with Crippen LogP contribution in [0.15, 0.2) is 29.6 Å². The third kappa shape index (κ3) is 4.07. The van der Waals surface area contributed by atoms with E-state index in [1.54, 1.807) is 11.3 Å². The van der Waals surface area contributed by atoms with E-state index in [1.165, 1.54) is 56.2 Å². The van der Waals surface area contributed by atoms with Crippen molar-refractivity contribution in [2.24, 2.45) is 0 Å². The summed E-state index contributed by atoms with van der Waals surface area (Å²) in [4.78, 5) is 4.59. The van der Waals surface area contributed by atoms with Gasteiger partial charge in [-0.3, -0.25) is 0 Å². The van der Waals surface area contributed by atoms with Gasteiger partial charge in [0.2, 0.25) is 0 Å². The SMILES string of the molecule is Cc1nc(-c2cccc(NC3CCCCCCC3)c2)cs1. The van der Waals surface area contributed by atoms with E-state index in [-0.39, 0.29) is 0 Å². The Hall–Kier alpha value is -1.35. The summed E-state index contributed by atoms with van der Waals surface area (Å²) in [6.45, 7) is 2.06. The lowest BCUT2D eigenvalue weighted by atomic mass is 9.96. The van der Waals surface area contributed by atoms with E-state index in [0.29, 0.717) is 6.04 Å². The van der Waals surface area contributed by atoms with Gasteiger partial charge in [0.25, 0.3) is 0 Å². The number of anilines is 1. The minimum absolute atomic E-state index is 0.637. The first-order valence-electron chi connectivity index (χ1n) is 8.10. The minimum Gasteiger partial charge on any atom is -0.382 e. The zero-order valence-electron chi connectivity index (χ0n) is 12.8. The fourth-order valence-electron chi connectivity index (χ4n) is 3.10. The molecule has 0 spiro atoms. The van der Waals surface area contributed by atoms with Crippen LogP contribution in [-0.2, 0) is 0 Å². The van der Waals surface area contributed by atoms with Crippen LogP contribution in [0.3, 0.4) is 0 Å². The van der Waals surface area contributed by atoms with Crippen LogP contribution in [0.4, 0.5) is 5.69 Å². The predicted molar refractivity (Wildman–Crippen MR) is 92.0 cm³/mol. The molecule has 1 aliphatic rings. The molecule has 1 N–H and O–H groups in total. The van der Waals surface area contributed by atoms with Crippen LogP contribution in [0.25, 0.3) is 11.3 Å². The number of aromatic nitrogens is 1. The summed E-state index contributed by atoms with van der Waals surface area (Å²) in [6, 6.07) is 9.35. The molecule has 0 amide bonds. The number of benzene rings is 1. The standard InChI is InChI=1S/C18H24N2S/c1-14-19-18(13-21-14)15-8-7-11-17(12-15)20-16-9-5-3-2-4-6-10-16/h7-8,11-13,16,20H,2-6,9-10H2,1H3. The lowest BCUT2D eigenvalue weighted by Gasteiger charge is -2.22. The van der Waals surface area contributed by atoms with Gasteiger partial charge < -0.3 is 5.32 Å². The molecule has 0 aliphatic heterocycles. The maximum atomic E-state index is 4.59. The summed E-state index contributed by atoms with van der Waals surface area (Å²) >= 11 is 1.71. The Morgan fingerprint density at radius 1 is 1.10 bits per heavy atom. The highest BCUT2D eigenvalue weighted by molar-refractivity contribution is 7.09. The Balaban J connectivity index is 1.70. The number of nitrogens with zero attached hydrogens (tertiary/aromatic N) is 1. The van der Waals surface area contributed by atoms with Gasteiger partial charge in [0, 0.05) is 22.7 Å². The molecule has 1 fully saturated rings. The van der Waals surface area contributed by atoms with Gasteiger partial charge in [0.1, 0.15) is 0 Å². The fraction of sp³-hybridized carbons (Fsp3) is 0.500. The van der Waals surface area contributed by atoms with Crippen molar-refractivity contribution >= 4 is 17.0 Å². The van der Waals surface area contributed by atoms with Gasteiger partial charge in [-0.2, -0.15) is 0 Å². The Kier molecular flexibility index (Phi) is 4.91. The second kappa shape index (κ2) is 7.08. The van der Waals surface area contributed by atoms with E-state index in [0.717, 1.165) is 10.7 Å². The molecule has 2 aromatic rings. The average Bonchev–Trinajstić information content (AvgIpc) is 2.89. The third-order valence-electron chi connectivity index (χ3n) is 4.25. The number of rotatable bonds is 3. The van der Waals surface area contributed by atoms with E-state index in [4.69, 9.17) is 0 Å². The topological polar surface area (TPSA) is 24.9 Å². The van der Waals surface area contributed by atoms with Crippen molar-refractivity contribution in [1.82, 2.24) is 4.98 Å². The summed E-state index contributed by atoms with van der Waals surface area (Å²) in [6.07, 6.45) is 9.56. The van der Waals surface area contributed by atoms with Gasteiger partial charge in [0.05, 0.1) is 10.7 Å². The summed E-state index contributed by atoms with van der Waals surface area (Å²) < 4.78 is 0. The first-order chi connectivity index (χ1) is 10.3. The second-order valence-electron chi connectivity index (χ2n) is 6.02. The monoisotopic (exact) mass is 300 g/mol. The lowest BCUT2D eigenvalue weighted by Crippen LogP contribution is -2.20. The molecule has 0 saturated heterocycles. The second-order valence-corrected chi connectivity index (χ2v) is 7.08. The van der Waals surface area contributed by atoms with Crippen molar-refractivity contribution in [1.29, 1.82) is 0 Å². The Morgan fingerprint density at radius 2 is 1.86 bits per heavy atom. The molecule has 1 aliphatic carbocycles. The van der Waals surface area contributed by atoms with Gasteiger partial charge in [-0.1, -0.05) is 44.2 Å². The van der Waals surface area contributed by atoms with E-state index in [2.05, 4.69) is 46.9 Å². The lowest BCUT2D eigenvalue weighted by molar-refractivity contribution is 0.471. The normalized spacial score (nSPS) is 17.2. The smallest absolute Gasteiger partial charge is 0.0901 e. The van der Waals surface area contributed by atoms with Crippen molar-refractivity contribution in [3.8, 4) is 11.3 Å². The predicted octanol–water partition coefficient (Wildman–Crippen LogP) is 5.64. The van der Waals surface area contributed by atoms with Gasteiger partial charge in [-0.25, -0.2) is 4.98 Å². The largest absolute Gasteiger partial charge is 0.382 e. The highest BCUT2D eigenvalue weighted by Gasteiger charge is 2.11. The van der Waals surface area contributed by atoms with Gasteiger partial charge >= 0.3 is 0 Å². The summed E-state index contributed by atoms with van der Waals surface area (Å²) in [7, 11) is 0. The maximum absolute atomic E-state index is 4.59. The molecule has 0 atom stereocenters. The van der Waals surface area contributed by atoms with Gasteiger partial charge in [-0.15, -0.1) is 11.3 Å². The van der Waals surface area contributed by atoms with Crippen LogP contribution >= 0.6 is 11.3 Å². The van der Waals surface area contributed by atoms with Crippen LogP contribution in [0.5, 0.6) is 0 Å². The van der Waals surface area contributed by atoms with Crippen LogP contribution in [-0.4, -0.2) is 11.0 Å². The number of thiazole rings is 1. The molecule has 1 saturated carbocycles. The molecule has 1 aromatic carbocycles. The van der Waals surface area contributed by atoms with E-state index in [1.807, 2.05) is 0 Å². The average molecular weight is 300 g/mol. The Morgan fingerprint density at radius 3 is 2.57 bits per heavy atom. The summed E-state index contributed by atoms with van der Waals surface area (Å²) in [5, 5.41) is 7.01. The number of hydrogen-bond donors (Lipinski definition) is 1. The number of aryl methyl sites for hydroxylation is 1. The minimum atomic E-state index is 0.637. The van der Waals surface area contributed by atoms with Crippen LogP contribution in [0.2, 0.25) is 0 Å². The zero-order chi connectivity index (χ0) is 14.5. The van der Waals surface area contributed by atoms with Crippen molar-refractivity contribution < 1.29 is 0 Å². The summed E-state index contributed by atoms with van der Waals surface area (Å²) in [5.74, 6) is 0. The molecule has 1 aromatic heterocycles. The number of nitrogens with one attached hydrogen (secondary N) is 1. The van der Waals surface area contributed by atoms with Crippen molar-refractivity contribution in [3.63, 3.8) is 0 Å². The van der Waals surface area contributed by atoms with Crippen LogP contribution in [0.1, 0.15) is 50.0 Å². The van der Waals surface area contributed by atoms with Crippen molar-refractivity contribution in [2.45, 2.75) is 57.9 Å². The molecule has 112 valence electrons. The molecule has 0 unspecified atom stereocenters. The van der Waals surface area contributed by atoms with E-state index in [9.17, 15) is 0 Å². The first kappa shape index (κ1) is 14.6. The molecular formula is C18H24N2S. The molecule has 3 heteroatoms. The maximum Gasteiger partial charge on any atom is 0.0901 e.